The van der Waals surface area contributed by atoms with Crippen LogP contribution in [0.4, 0.5) is 17.5 Å². The molecule has 1 unspecified atom stereocenters. The quantitative estimate of drug-likeness (QED) is 0.378. The molecular formula is C28H27N9O2. The summed E-state index contributed by atoms with van der Waals surface area (Å²) in [4.78, 5) is 43.2. The molecule has 11 nitrogen and oxygen atoms in total. The molecule has 2 aliphatic heterocycles. The summed E-state index contributed by atoms with van der Waals surface area (Å²) in [6.45, 7) is 4.81. The minimum atomic E-state index is -0.344. The fourth-order valence-electron chi connectivity index (χ4n) is 5.58. The van der Waals surface area contributed by atoms with E-state index < -0.39 is 0 Å². The third kappa shape index (κ3) is 3.92. The number of imide groups is 1. The number of carbonyl (C=O) groups excluding carboxylic acids is 2. The van der Waals surface area contributed by atoms with Gasteiger partial charge in [-0.1, -0.05) is 12.1 Å². The summed E-state index contributed by atoms with van der Waals surface area (Å²) in [7, 11) is 1.96. The number of anilines is 3. The van der Waals surface area contributed by atoms with E-state index in [9.17, 15) is 14.9 Å². The van der Waals surface area contributed by atoms with Crippen molar-refractivity contribution in [3.8, 4) is 6.07 Å². The number of carbonyl (C=O) groups is 2. The van der Waals surface area contributed by atoms with Gasteiger partial charge in [-0.15, -0.1) is 0 Å². The first-order valence-corrected chi connectivity index (χ1v) is 12.8. The van der Waals surface area contributed by atoms with Crippen LogP contribution in [-0.4, -0.2) is 55.4 Å². The molecule has 0 bridgehead atoms. The highest BCUT2D eigenvalue weighted by atomic mass is 16.2. The average molecular weight is 522 g/mol. The first kappa shape index (κ1) is 24.4. The van der Waals surface area contributed by atoms with Gasteiger partial charge in [-0.2, -0.15) is 10.2 Å². The zero-order valence-electron chi connectivity index (χ0n) is 21.8. The van der Waals surface area contributed by atoms with Crippen molar-refractivity contribution in [3.63, 3.8) is 0 Å². The van der Waals surface area contributed by atoms with Crippen LogP contribution in [0.5, 0.6) is 0 Å². The average Bonchev–Trinajstić information content (AvgIpc) is 3.60. The number of nitrogens with zero attached hydrogens (tertiary/aromatic N) is 7. The van der Waals surface area contributed by atoms with E-state index in [-0.39, 0.29) is 29.8 Å². The third-order valence-corrected chi connectivity index (χ3v) is 7.55. The van der Waals surface area contributed by atoms with Crippen molar-refractivity contribution in [1.29, 1.82) is 5.26 Å². The van der Waals surface area contributed by atoms with E-state index in [0.29, 0.717) is 47.7 Å². The Bertz CT molecular complexity index is 1670. The monoisotopic (exact) mass is 521 g/mol. The van der Waals surface area contributed by atoms with Gasteiger partial charge >= 0.3 is 0 Å². The molecule has 0 saturated carbocycles. The molecule has 3 aromatic heterocycles. The van der Waals surface area contributed by atoms with Crippen LogP contribution in [0, 0.1) is 18.3 Å². The Morgan fingerprint density at radius 1 is 1.13 bits per heavy atom. The van der Waals surface area contributed by atoms with Gasteiger partial charge in [0.25, 0.3) is 11.8 Å². The summed E-state index contributed by atoms with van der Waals surface area (Å²) in [5, 5.41) is 13.0. The van der Waals surface area contributed by atoms with Crippen LogP contribution in [0.15, 0.2) is 42.6 Å². The maximum Gasteiger partial charge on any atom is 0.261 e. The lowest BCUT2D eigenvalue weighted by Crippen LogP contribution is -2.41. The number of rotatable bonds is 5. The summed E-state index contributed by atoms with van der Waals surface area (Å²) in [5.74, 6) is -0.0543. The highest BCUT2D eigenvalue weighted by Crippen LogP contribution is 2.35. The Hall–Kier alpha value is -4.98. The molecule has 0 radical (unpaired) electrons. The first-order valence-electron chi connectivity index (χ1n) is 12.8. The van der Waals surface area contributed by atoms with Gasteiger partial charge in [-0.05, 0) is 44.5 Å². The summed E-state index contributed by atoms with van der Waals surface area (Å²) >= 11 is 0. The second kappa shape index (κ2) is 9.09. The zero-order valence-corrected chi connectivity index (χ0v) is 21.8. The molecule has 0 spiro atoms. The number of amides is 2. The van der Waals surface area contributed by atoms with Crippen LogP contribution in [0.1, 0.15) is 57.1 Å². The van der Waals surface area contributed by atoms with E-state index in [1.807, 2.05) is 30.8 Å². The third-order valence-electron chi connectivity index (χ3n) is 7.55. The lowest BCUT2D eigenvalue weighted by Gasteiger charge is -2.27. The van der Waals surface area contributed by atoms with E-state index in [4.69, 9.17) is 10.7 Å². The normalized spacial score (nSPS) is 17.5. The maximum atomic E-state index is 13.1. The number of nitrogen functional groups attached to an aromatic ring is 1. The summed E-state index contributed by atoms with van der Waals surface area (Å²) in [5.41, 5.74) is 11.1. The molecule has 39 heavy (non-hydrogen) atoms. The van der Waals surface area contributed by atoms with Crippen LogP contribution in [-0.2, 0) is 7.05 Å². The Labute approximate surface area is 224 Å². The van der Waals surface area contributed by atoms with E-state index in [2.05, 4.69) is 32.3 Å². The number of hydrogen-bond donors (Lipinski definition) is 2. The Morgan fingerprint density at radius 2 is 1.85 bits per heavy atom. The largest absolute Gasteiger partial charge is 0.368 e. The fourth-order valence-corrected chi connectivity index (χ4v) is 5.58. The second-order valence-electron chi connectivity index (χ2n) is 10.0. The van der Waals surface area contributed by atoms with Crippen molar-refractivity contribution in [2.45, 2.75) is 32.4 Å². The lowest BCUT2D eigenvalue weighted by atomic mass is 10.1. The molecule has 6 rings (SSSR count). The molecule has 3 N–H and O–H groups in total. The second-order valence-corrected chi connectivity index (χ2v) is 10.0. The zero-order chi connectivity index (χ0) is 27.4. The number of hydrogen-bond acceptors (Lipinski definition) is 9. The Morgan fingerprint density at radius 3 is 2.54 bits per heavy atom. The SMILES string of the molecule is Cc1nc(N)nc(N[C@@H](C)c2nc3ccn(C)c3cc2N2CCC(N3C(=O)c4ccccc4C3=O)C2)c1C#N. The highest BCUT2D eigenvalue weighted by molar-refractivity contribution is 6.21. The molecule has 4 aromatic rings. The van der Waals surface area contributed by atoms with Gasteiger partial charge in [0.2, 0.25) is 5.95 Å². The molecule has 1 aromatic carbocycles. The molecule has 2 amide bonds. The number of nitrogens with one attached hydrogen (secondary N) is 1. The smallest absolute Gasteiger partial charge is 0.261 e. The number of nitriles is 1. The Balaban J connectivity index is 1.34. The van der Waals surface area contributed by atoms with E-state index in [1.165, 1.54) is 4.90 Å². The molecule has 1 fully saturated rings. The van der Waals surface area contributed by atoms with Crippen LogP contribution >= 0.6 is 0 Å². The van der Waals surface area contributed by atoms with Gasteiger partial charge in [0, 0.05) is 26.3 Å². The van der Waals surface area contributed by atoms with Crippen molar-refractivity contribution in [1.82, 2.24) is 24.4 Å². The van der Waals surface area contributed by atoms with Crippen molar-refractivity contribution in [2.24, 2.45) is 7.05 Å². The highest BCUT2D eigenvalue weighted by Gasteiger charge is 2.42. The van der Waals surface area contributed by atoms with Gasteiger partial charge in [0.15, 0.2) is 0 Å². The maximum absolute atomic E-state index is 13.1. The summed E-state index contributed by atoms with van der Waals surface area (Å²) in [6, 6.07) is 12.6. The molecule has 196 valence electrons. The molecule has 2 aliphatic rings. The van der Waals surface area contributed by atoms with Crippen LogP contribution in [0.2, 0.25) is 0 Å². The molecule has 5 heterocycles. The van der Waals surface area contributed by atoms with Crippen molar-refractivity contribution in [3.05, 3.63) is 70.7 Å². The van der Waals surface area contributed by atoms with Crippen molar-refractivity contribution >= 4 is 40.3 Å². The predicted molar refractivity (Wildman–Crippen MR) is 146 cm³/mol. The van der Waals surface area contributed by atoms with Gasteiger partial charge in [-0.25, -0.2) is 9.97 Å². The number of aromatic nitrogens is 4. The van der Waals surface area contributed by atoms with Crippen molar-refractivity contribution < 1.29 is 9.59 Å². The predicted octanol–water partition coefficient (Wildman–Crippen LogP) is 3.17. The van der Waals surface area contributed by atoms with Crippen LogP contribution in [0.3, 0.4) is 0 Å². The van der Waals surface area contributed by atoms with Crippen LogP contribution in [0.25, 0.3) is 11.0 Å². The standard InChI is InChI=1S/C28H27N9O2/c1-15-20(13-29)25(34-28(30)32-15)31-16(2)24-23(12-22-21(33-24)9-10-35(22)3)36-11-8-17(14-36)37-26(38)18-6-4-5-7-19(18)27(37)39/h4-7,9-10,12,16-17H,8,11,14H2,1-3H3,(H3,30,31,32,34)/t16-,17?/m0/s1. The van der Waals surface area contributed by atoms with E-state index >= 15 is 0 Å². The van der Waals surface area contributed by atoms with E-state index in [0.717, 1.165) is 22.4 Å². The fraction of sp³-hybridized carbons (Fsp3) is 0.286. The molecule has 11 heteroatoms. The molecule has 2 atom stereocenters. The molecular weight excluding hydrogens is 494 g/mol. The van der Waals surface area contributed by atoms with Gasteiger partial charge < -0.3 is 20.5 Å². The summed E-state index contributed by atoms with van der Waals surface area (Å²) in [6.07, 6.45) is 2.61. The summed E-state index contributed by atoms with van der Waals surface area (Å²) < 4.78 is 2.01. The van der Waals surface area contributed by atoms with Gasteiger partial charge in [0.05, 0.1) is 51.3 Å². The number of fused-ring (bicyclic) bond motifs is 2. The topological polar surface area (TPSA) is 146 Å². The minimum Gasteiger partial charge on any atom is -0.368 e. The molecule has 1 saturated heterocycles. The number of pyridine rings is 1. The van der Waals surface area contributed by atoms with E-state index in [1.54, 1.807) is 31.2 Å². The van der Waals surface area contributed by atoms with Crippen molar-refractivity contribution in [2.75, 3.05) is 29.0 Å². The number of aryl methyl sites for hydroxylation is 2. The van der Waals surface area contributed by atoms with Gasteiger partial charge in [0.1, 0.15) is 17.5 Å². The number of nitrogens with two attached hydrogens (primary N) is 1. The first-order chi connectivity index (χ1) is 18.8. The Kier molecular flexibility index (Phi) is 5.68. The van der Waals surface area contributed by atoms with Gasteiger partial charge in [-0.3, -0.25) is 14.5 Å². The van der Waals surface area contributed by atoms with Crippen LogP contribution < -0.4 is 16.0 Å². The lowest BCUT2D eigenvalue weighted by molar-refractivity contribution is 0.0598. The molecule has 0 aliphatic carbocycles. The number of benzene rings is 1. The minimum absolute atomic E-state index is 0.0798.